The predicted molar refractivity (Wildman–Crippen MR) is 96.6 cm³/mol. The van der Waals surface area contributed by atoms with E-state index in [0.717, 1.165) is 42.7 Å². The van der Waals surface area contributed by atoms with Crippen LogP contribution in [-0.4, -0.2) is 44.4 Å². The minimum absolute atomic E-state index is 0.0365. The lowest BCUT2D eigenvalue weighted by atomic mass is 10.0. The molecule has 1 aliphatic rings. The Bertz CT molecular complexity index is 911. The van der Waals surface area contributed by atoms with Crippen molar-refractivity contribution in [3.05, 3.63) is 42.5 Å². The minimum atomic E-state index is -0.0365. The van der Waals surface area contributed by atoms with Crippen molar-refractivity contribution in [3.63, 3.8) is 0 Å². The standard InChI is InChI=1S/C18H22N6O/c1-22-12-19-16-8-13(5-6-17(16)22)18(25)21-14-4-3-7-24(10-14)15-9-20-23(2)11-15/h5-6,8-9,11-12,14H,3-4,7,10H2,1-2H3,(H,21,25)/t14-/m1/s1. The fraction of sp³-hybridized carbons (Fsp3) is 0.389. The first-order chi connectivity index (χ1) is 12.1. The molecule has 130 valence electrons. The zero-order valence-electron chi connectivity index (χ0n) is 14.5. The first-order valence-corrected chi connectivity index (χ1v) is 8.56. The lowest BCUT2D eigenvalue weighted by Crippen LogP contribution is -2.47. The van der Waals surface area contributed by atoms with Gasteiger partial charge in [-0.05, 0) is 31.0 Å². The van der Waals surface area contributed by atoms with Crippen molar-refractivity contribution in [1.29, 1.82) is 0 Å². The highest BCUT2D eigenvalue weighted by Crippen LogP contribution is 2.20. The van der Waals surface area contributed by atoms with Crippen LogP contribution in [0.25, 0.3) is 11.0 Å². The zero-order valence-corrected chi connectivity index (χ0v) is 14.5. The Morgan fingerprint density at radius 3 is 3.00 bits per heavy atom. The average Bonchev–Trinajstić information content (AvgIpc) is 3.21. The molecule has 1 saturated heterocycles. The first-order valence-electron chi connectivity index (χ1n) is 8.56. The van der Waals surface area contributed by atoms with Crippen LogP contribution in [0.4, 0.5) is 5.69 Å². The molecule has 2 aromatic heterocycles. The van der Waals surface area contributed by atoms with Crippen molar-refractivity contribution < 1.29 is 4.79 Å². The van der Waals surface area contributed by atoms with Crippen LogP contribution in [0.5, 0.6) is 0 Å². The van der Waals surface area contributed by atoms with E-state index in [2.05, 4.69) is 20.3 Å². The van der Waals surface area contributed by atoms with Gasteiger partial charge in [0.15, 0.2) is 0 Å². The van der Waals surface area contributed by atoms with Crippen LogP contribution in [0.15, 0.2) is 36.9 Å². The van der Waals surface area contributed by atoms with Crippen LogP contribution in [0.2, 0.25) is 0 Å². The lowest BCUT2D eigenvalue weighted by molar-refractivity contribution is 0.0933. The third-order valence-corrected chi connectivity index (χ3v) is 4.80. The minimum Gasteiger partial charge on any atom is -0.367 e. The number of nitrogens with one attached hydrogen (secondary N) is 1. The maximum Gasteiger partial charge on any atom is 0.251 e. The number of aryl methyl sites for hydroxylation is 2. The van der Waals surface area contributed by atoms with E-state index in [0.29, 0.717) is 5.56 Å². The smallest absolute Gasteiger partial charge is 0.251 e. The molecule has 3 heterocycles. The normalized spacial score (nSPS) is 17.8. The highest BCUT2D eigenvalue weighted by atomic mass is 16.1. The summed E-state index contributed by atoms with van der Waals surface area (Å²) in [5.41, 5.74) is 3.63. The van der Waals surface area contributed by atoms with E-state index in [1.54, 1.807) is 11.0 Å². The maximum atomic E-state index is 12.6. The third-order valence-electron chi connectivity index (χ3n) is 4.80. The van der Waals surface area contributed by atoms with Gasteiger partial charge < -0.3 is 14.8 Å². The van der Waals surface area contributed by atoms with Gasteiger partial charge in [0.05, 0.1) is 29.2 Å². The Morgan fingerprint density at radius 2 is 2.20 bits per heavy atom. The Kier molecular flexibility index (Phi) is 3.91. The molecular formula is C18H22N6O. The number of amides is 1. The van der Waals surface area contributed by atoms with Gasteiger partial charge in [-0.1, -0.05) is 0 Å². The predicted octanol–water partition coefficient (Wildman–Crippen LogP) is 1.71. The monoisotopic (exact) mass is 338 g/mol. The molecule has 25 heavy (non-hydrogen) atoms. The highest BCUT2D eigenvalue weighted by molar-refractivity contribution is 5.97. The summed E-state index contributed by atoms with van der Waals surface area (Å²) < 4.78 is 3.75. The maximum absolute atomic E-state index is 12.6. The summed E-state index contributed by atoms with van der Waals surface area (Å²) in [7, 11) is 3.87. The third kappa shape index (κ3) is 3.09. The van der Waals surface area contributed by atoms with E-state index < -0.39 is 0 Å². The summed E-state index contributed by atoms with van der Waals surface area (Å²) in [6.07, 6.45) is 7.70. The van der Waals surface area contributed by atoms with Crippen molar-refractivity contribution in [2.75, 3.05) is 18.0 Å². The van der Waals surface area contributed by atoms with E-state index >= 15 is 0 Å². The Balaban J connectivity index is 1.45. The average molecular weight is 338 g/mol. The summed E-state index contributed by atoms with van der Waals surface area (Å²) in [6.45, 7) is 1.81. The van der Waals surface area contributed by atoms with Crippen LogP contribution in [-0.2, 0) is 14.1 Å². The number of anilines is 1. The SMILES string of the molecule is Cn1cc(N2CCC[C@@H](NC(=O)c3ccc4c(c3)ncn4C)C2)cn1. The number of carbonyl (C=O) groups excluding carboxylic acids is 1. The first kappa shape index (κ1) is 15.7. The van der Waals surface area contributed by atoms with Gasteiger partial charge in [0.1, 0.15) is 0 Å². The molecule has 0 radical (unpaired) electrons. The molecule has 7 heteroatoms. The van der Waals surface area contributed by atoms with Gasteiger partial charge in [0.2, 0.25) is 0 Å². The van der Waals surface area contributed by atoms with Crippen LogP contribution < -0.4 is 10.2 Å². The van der Waals surface area contributed by atoms with Gasteiger partial charge in [-0.3, -0.25) is 9.48 Å². The number of fused-ring (bicyclic) bond motifs is 1. The number of rotatable bonds is 3. The van der Waals surface area contributed by atoms with E-state index in [1.165, 1.54) is 0 Å². The topological polar surface area (TPSA) is 68.0 Å². The van der Waals surface area contributed by atoms with Crippen LogP contribution in [0.3, 0.4) is 0 Å². The molecule has 7 nitrogen and oxygen atoms in total. The van der Waals surface area contributed by atoms with Crippen LogP contribution in [0.1, 0.15) is 23.2 Å². The van der Waals surface area contributed by atoms with Gasteiger partial charge in [-0.2, -0.15) is 5.10 Å². The Hall–Kier alpha value is -2.83. The van der Waals surface area contributed by atoms with Gasteiger partial charge in [0.25, 0.3) is 5.91 Å². The molecule has 3 aromatic rings. The quantitative estimate of drug-likeness (QED) is 0.789. The summed E-state index contributed by atoms with van der Waals surface area (Å²) in [6, 6.07) is 5.80. The second kappa shape index (κ2) is 6.23. The van der Waals surface area contributed by atoms with Crippen molar-refractivity contribution in [1.82, 2.24) is 24.6 Å². The van der Waals surface area contributed by atoms with Crippen molar-refractivity contribution in [2.24, 2.45) is 14.1 Å². The molecule has 0 unspecified atom stereocenters. The number of hydrogen-bond donors (Lipinski definition) is 1. The van der Waals surface area contributed by atoms with Gasteiger partial charge in [0, 0.05) is 45.0 Å². The summed E-state index contributed by atoms with van der Waals surface area (Å²) in [5.74, 6) is -0.0365. The molecule has 1 aliphatic heterocycles. The van der Waals surface area contributed by atoms with E-state index in [4.69, 9.17) is 0 Å². The van der Waals surface area contributed by atoms with Crippen LogP contribution in [0, 0.1) is 0 Å². The van der Waals surface area contributed by atoms with Crippen molar-refractivity contribution >= 4 is 22.6 Å². The molecule has 1 N–H and O–H groups in total. The van der Waals surface area contributed by atoms with Gasteiger partial charge in [-0.15, -0.1) is 0 Å². The second-order valence-corrected chi connectivity index (χ2v) is 6.69. The second-order valence-electron chi connectivity index (χ2n) is 6.69. The number of hydrogen-bond acceptors (Lipinski definition) is 4. The van der Waals surface area contributed by atoms with Crippen LogP contribution >= 0.6 is 0 Å². The van der Waals surface area contributed by atoms with E-state index in [1.807, 2.05) is 49.3 Å². The zero-order chi connectivity index (χ0) is 17.4. The molecule has 4 rings (SSSR count). The molecule has 0 bridgehead atoms. The molecule has 0 saturated carbocycles. The fourth-order valence-electron chi connectivity index (χ4n) is 3.45. The number of carbonyl (C=O) groups is 1. The van der Waals surface area contributed by atoms with Gasteiger partial charge in [-0.25, -0.2) is 4.98 Å². The molecule has 1 atom stereocenters. The number of piperidine rings is 1. The summed E-state index contributed by atoms with van der Waals surface area (Å²) in [5, 5.41) is 7.41. The van der Waals surface area contributed by atoms with E-state index in [9.17, 15) is 4.79 Å². The van der Waals surface area contributed by atoms with E-state index in [-0.39, 0.29) is 11.9 Å². The highest BCUT2D eigenvalue weighted by Gasteiger charge is 2.23. The fourth-order valence-corrected chi connectivity index (χ4v) is 3.45. The largest absolute Gasteiger partial charge is 0.367 e. The number of benzene rings is 1. The molecule has 1 aromatic carbocycles. The number of aromatic nitrogens is 4. The Labute approximate surface area is 146 Å². The van der Waals surface area contributed by atoms with Crippen molar-refractivity contribution in [3.8, 4) is 0 Å². The summed E-state index contributed by atoms with van der Waals surface area (Å²) in [4.78, 5) is 19.2. The lowest BCUT2D eigenvalue weighted by Gasteiger charge is -2.33. The summed E-state index contributed by atoms with van der Waals surface area (Å²) >= 11 is 0. The molecule has 1 amide bonds. The number of nitrogens with zero attached hydrogens (tertiary/aromatic N) is 5. The molecule has 0 spiro atoms. The molecule has 1 fully saturated rings. The van der Waals surface area contributed by atoms with Crippen molar-refractivity contribution in [2.45, 2.75) is 18.9 Å². The van der Waals surface area contributed by atoms with Gasteiger partial charge >= 0.3 is 0 Å². The number of imidazole rings is 1. The molecular weight excluding hydrogens is 316 g/mol. The Morgan fingerprint density at radius 1 is 1.32 bits per heavy atom. The molecule has 0 aliphatic carbocycles.